The van der Waals surface area contributed by atoms with Crippen molar-refractivity contribution in [3.05, 3.63) is 42.6 Å². The highest BCUT2D eigenvalue weighted by atomic mass is 16.5. The number of carbonyl (C=O) groups is 1. The number of urea groups is 1. The van der Waals surface area contributed by atoms with E-state index in [2.05, 4.69) is 15.7 Å². The van der Waals surface area contributed by atoms with Crippen molar-refractivity contribution in [2.24, 2.45) is 5.92 Å². The topological polar surface area (TPSA) is 68.2 Å². The van der Waals surface area contributed by atoms with Gasteiger partial charge in [0.2, 0.25) is 0 Å². The summed E-state index contributed by atoms with van der Waals surface area (Å²) in [6.45, 7) is 0.731. The fourth-order valence-electron chi connectivity index (χ4n) is 3.21. The molecule has 1 saturated heterocycles. The van der Waals surface area contributed by atoms with E-state index in [1.807, 2.05) is 36.5 Å². The molecule has 2 aromatic rings. The summed E-state index contributed by atoms with van der Waals surface area (Å²) in [7, 11) is 0. The lowest BCUT2D eigenvalue weighted by Gasteiger charge is -2.30. The first-order valence-electron chi connectivity index (χ1n) is 8.58. The molecule has 0 spiro atoms. The number of benzene rings is 1. The van der Waals surface area contributed by atoms with Gasteiger partial charge in [-0.15, -0.1) is 5.10 Å². The summed E-state index contributed by atoms with van der Waals surface area (Å²) in [5.41, 5.74) is 0.961. The van der Waals surface area contributed by atoms with Gasteiger partial charge < -0.3 is 10.1 Å². The number of hydrogen-bond donors (Lipinski definition) is 2. The lowest BCUT2D eigenvalue weighted by atomic mass is 10.0. The predicted molar refractivity (Wildman–Crippen MR) is 91.2 cm³/mol. The van der Waals surface area contributed by atoms with Crippen LogP contribution in [0.3, 0.4) is 0 Å². The summed E-state index contributed by atoms with van der Waals surface area (Å²) in [6, 6.07) is 11.6. The van der Waals surface area contributed by atoms with Crippen LogP contribution in [0.25, 0.3) is 5.69 Å². The Bertz CT molecular complexity index is 696. The highest BCUT2D eigenvalue weighted by molar-refractivity contribution is 5.88. The number of anilines is 1. The molecule has 1 aliphatic carbocycles. The van der Waals surface area contributed by atoms with E-state index >= 15 is 0 Å². The Labute approximate surface area is 141 Å². The average Bonchev–Trinajstić information content (AvgIpc) is 3.36. The molecule has 0 unspecified atom stereocenters. The molecule has 1 aromatic heterocycles. The van der Waals surface area contributed by atoms with Crippen molar-refractivity contribution in [1.29, 1.82) is 0 Å². The highest BCUT2D eigenvalue weighted by Gasteiger charge is 2.36. The van der Waals surface area contributed by atoms with Crippen LogP contribution in [0.4, 0.5) is 10.6 Å². The maximum Gasteiger partial charge on any atom is 0.320 e. The Hall–Kier alpha value is -2.34. The van der Waals surface area contributed by atoms with Crippen LogP contribution in [-0.2, 0) is 4.74 Å². The molecule has 0 radical (unpaired) electrons. The molecule has 126 valence electrons. The highest BCUT2D eigenvalue weighted by Crippen LogP contribution is 2.38. The first-order valence-corrected chi connectivity index (χ1v) is 8.58. The second kappa shape index (κ2) is 6.65. The maximum absolute atomic E-state index is 12.2. The predicted octanol–water partition coefficient (Wildman–Crippen LogP) is 2.95. The molecule has 6 nitrogen and oxygen atoms in total. The number of nitrogens with one attached hydrogen (secondary N) is 2. The van der Waals surface area contributed by atoms with Crippen molar-refractivity contribution < 1.29 is 9.53 Å². The van der Waals surface area contributed by atoms with Crippen LogP contribution in [0.2, 0.25) is 0 Å². The molecule has 4 rings (SSSR count). The van der Waals surface area contributed by atoms with Gasteiger partial charge in [-0.05, 0) is 43.7 Å². The van der Waals surface area contributed by atoms with Gasteiger partial charge in [-0.2, -0.15) is 0 Å². The molecule has 1 aliphatic heterocycles. The molecule has 1 saturated carbocycles. The van der Waals surface area contributed by atoms with Gasteiger partial charge in [-0.25, -0.2) is 9.48 Å². The molecule has 2 heterocycles. The van der Waals surface area contributed by atoms with Crippen molar-refractivity contribution >= 4 is 11.8 Å². The largest absolute Gasteiger partial charge is 0.378 e. The number of para-hydroxylation sites is 1. The third kappa shape index (κ3) is 3.59. The summed E-state index contributed by atoms with van der Waals surface area (Å²) in [4.78, 5) is 12.2. The van der Waals surface area contributed by atoms with Crippen molar-refractivity contribution in [2.75, 3.05) is 11.9 Å². The van der Waals surface area contributed by atoms with Gasteiger partial charge in [0.15, 0.2) is 5.82 Å². The Morgan fingerprint density at radius 1 is 1.17 bits per heavy atom. The molecule has 24 heavy (non-hydrogen) atoms. The fourth-order valence-corrected chi connectivity index (χ4v) is 3.21. The van der Waals surface area contributed by atoms with Gasteiger partial charge >= 0.3 is 6.03 Å². The third-order valence-corrected chi connectivity index (χ3v) is 4.65. The number of nitrogens with zero attached hydrogens (tertiary/aromatic N) is 2. The minimum Gasteiger partial charge on any atom is -0.378 e. The molecule has 2 aliphatic rings. The summed E-state index contributed by atoms with van der Waals surface area (Å²) in [6.07, 6.45) is 6.47. The summed E-state index contributed by atoms with van der Waals surface area (Å²) in [5.74, 6) is 1.25. The zero-order valence-corrected chi connectivity index (χ0v) is 13.5. The van der Waals surface area contributed by atoms with Crippen molar-refractivity contribution in [1.82, 2.24) is 15.1 Å². The van der Waals surface area contributed by atoms with Gasteiger partial charge in [-0.3, -0.25) is 5.32 Å². The molecule has 2 amide bonds. The molecule has 1 aromatic carbocycles. The Morgan fingerprint density at radius 2 is 2.00 bits per heavy atom. The van der Waals surface area contributed by atoms with Crippen LogP contribution in [-0.4, -0.2) is 34.6 Å². The van der Waals surface area contributed by atoms with E-state index in [0.717, 1.165) is 25.1 Å². The van der Waals surface area contributed by atoms with E-state index in [4.69, 9.17) is 4.74 Å². The molecule has 2 N–H and O–H groups in total. The Kier molecular flexibility index (Phi) is 4.21. The number of rotatable bonds is 4. The fraction of sp³-hybridized carbons (Fsp3) is 0.444. The first kappa shape index (κ1) is 15.2. The van der Waals surface area contributed by atoms with Crippen LogP contribution in [0, 0.1) is 5.92 Å². The van der Waals surface area contributed by atoms with Crippen LogP contribution < -0.4 is 10.6 Å². The van der Waals surface area contributed by atoms with Gasteiger partial charge in [0, 0.05) is 24.9 Å². The third-order valence-electron chi connectivity index (χ3n) is 4.65. The van der Waals surface area contributed by atoms with Gasteiger partial charge in [-0.1, -0.05) is 18.2 Å². The Morgan fingerprint density at radius 3 is 2.79 bits per heavy atom. The lowest BCUT2D eigenvalue weighted by Crippen LogP contribution is -2.44. The molecular weight excluding hydrogens is 304 g/mol. The quantitative estimate of drug-likeness (QED) is 0.907. The number of aromatic nitrogens is 2. The van der Waals surface area contributed by atoms with Gasteiger partial charge in [0.1, 0.15) is 0 Å². The smallest absolute Gasteiger partial charge is 0.320 e. The summed E-state index contributed by atoms with van der Waals surface area (Å²) >= 11 is 0. The van der Waals surface area contributed by atoms with E-state index in [1.54, 1.807) is 10.7 Å². The second-order valence-electron chi connectivity index (χ2n) is 6.55. The van der Waals surface area contributed by atoms with Crippen LogP contribution in [0.1, 0.15) is 25.7 Å². The maximum atomic E-state index is 12.2. The van der Waals surface area contributed by atoms with Crippen molar-refractivity contribution in [2.45, 2.75) is 37.8 Å². The molecule has 0 bridgehead atoms. The number of amides is 2. The second-order valence-corrected chi connectivity index (χ2v) is 6.55. The normalized spacial score (nSPS) is 23.7. The Balaban J connectivity index is 1.32. The van der Waals surface area contributed by atoms with Crippen molar-refractivity contribution in [3.63, 3.8) is 0 Å². The zero-order chi connectivity index (χ0) is 16.4. The zero-order valence-electron chi connectivity index (χ0n) is 13.5. The first-order chi connectivity index (χ1) is 11.8. The summed E-state index contributed by atoms with van der Waals surface area (Å²) in [5, 5.41) is 10.3. The van der Waals surface area contributed by atoms with E-state index < -0.39 is 0 Å². The van der Waals surface area contributed by atoms with E-state index in [0.29, 0.717) is 17.8 Å². The van der Waals surface area contributed by atoms with Crippen LogP contribution in [0.5, 0.6) is 0 Å². The average molecular weight is 326 g/mol. The monoisotopic (exact) mass is 326 g/mol. The molecular formula is C18H22N4O2. The standard InChI is InChI=1S/C18H22N4O2/c23-18(19-14-9-11-24-16(12-14)13-6-7-13)20-17-8-10-22(21-17)15-4-2-1-3-5-15/h1-5,8,10,13-14,16H,6-7,9,11-12H2,(H2,19,20,21,23)/t14-,16+/m0/s1. The van der Waals surface area contributed by atoms with Crippen LogP contribution >= 0.6 is 0 Å². The van der Waals surface area contributed by atoms with E-state index in [1.165, 1.54) is 12.8 Å². The summed E-state index contributed by atoms with van der Waals surface area (Å²) < 4.78 is 7.54. The van der Waals surface area contributed by atoms with Crippen molar-refractivity contribution in [3.8, 4) is 5.69 Å². The van der Waals surface area contributed by atoms with E-state index in [9.17, 15) is 4.79 Å². The number of hydrogen-bond acceptors (Lipinski definition) is 3. The number of ether oxygens (including phenoxy) is 1. The van der Waals surface area contributed by atoms with Gasteiger partial charge in [0.05, 0.1) is 11.8 Å². The van der Waals surface area contributed by atoms with Crippen LogP contribution in [0.15, 0.2) is 42.6 Å². The molecule has 6 heteroatoms. The lowest BCUT2D eigenvalue weighted by molar-refractivity contribution is -0.00889. The molecule has 2 atom stereocenters. The van der Waals surface area contributed by atoms with Gasteiger partial charge in [0.25, 0.3) is 0 Å². The SMILES string of the molecule is O=C(Nc1ccn(-c2ccccc2)n1)N[C@H]1CCO[C@@H](C2CC2)C1. The minimum atomic E-state index is -0.199. The minimum absolute atomic E-state index is 0.181. The molecule has 2 fully saturated rings. The number of carbonyl (C=O) groups excluding carboxylic acids is 1. The van der Waals surface area contributed by atoms with E-state index in [-0.39, 0.29) is 12.1 Å².